The molecule has 1 fully saturated rings. The fraction of sp³-hybridized carbons (Fsp3) is 0.933. The molecular formula is C15H29NO3. The molecule has 0 heterocycles. The molecule has 4 heteroatoms. The third-order valence-corrected chi connectivity index (χ3v) is 3.74. The molecule has 112 valence electrons. The summed E-state index contributed by atoms with van der Waals surface area (Å²) in [5.74, 6) is -0.315. The maximum atomic E-state index is 11.6. The van der Waals surface area contributed by atoms with E-state index in [9.17, 15) is 4.79 Å². The van der Waals surface area contributed by atoms with Crippen molar-refractivity contribution in [3.63, 3.8) is 0 Å². The highest BCUT2D eigenvalue weighted by molar-refractivity contribution is 5.79. The van der Waals surface area contributed by atoms with Gasteiger partial charge in [-0.1, -0.05) is 25.7 Å². The van der Waals surface area contributed by atoms with E-state index in [2.05, 4.69) is 0 Å². The van der Waals surface area contributed by atoms with Gasteiger partial charge in [-0.2, -0.15) is 0 Å². The second-order valence-corrected chi connectivity index (χ2v) is 5.73. The fourth-order valence-electron chi connectivity index (χ4n) is 2.50. The lowest BCUT2D eigenvalue weighted by Crippen LogP contribution is -2.46. The molecule has 4 nitrogen and oxygen atoms in total. The van der Waals surface area contributed by atoms with Gasteiger partial charge in [0.2, 0.25) is 0 Å². The zero-order valence-electron chi connectivity index (χ0n) is 12.5. The van der Waals surface area contributed by atoms with Crippen molar-refractivity contribution >= 4 is 5.97 Å². The monoisotopic (exact) mass is 271 g/mol. The normalized spacial score (nSPS) is 20.6. The van der Waals surface area contributed by atoms with Gasteiger partial charge >= 0.3 is 5.97 Å². The third-order valence-electron chi connectivity index (χ3n) is 3.74. The lowest BCUT2D eigenvalue weighted by atomic mass is 9.98. The summed E-state index contributed by atoms with van der Waals surface area (Å²) in [4.78, 5) is 11.6. The molecule has 0 aliphatic heterocycles. The van der Waals surface area contributed by atoms with Crippen molar-refractivity contribution in [3.8, 4) is 0 Å². The standard InChI is InChI=1S/C15H29NO3/c1-3-18-14(17)15(2,16)11-8-12-19-13-9-6-4-5-7-10-13/h13H,3-12,16H2,1-2H3. The van der Waals surface area contributed by atoms with Crippen molar-refractivity contribution < 1.29 is 14.3 Å². The number of carbonyl (C=O) groups excluding carboxylic acids is 1. The maximum absolute atomic E-state index is 11.6. The SMILES string of the molecule is CCOC(=O)C(C)(N)CCCOC1CCCCCC1. The predicted octanol–water partition coefficient (Wildman–Crippen LogP) is 2.79. The van der Waals surface area contributed by atoms with E-state index in [0.29, 0.717) is 25.7 Å². The summed E-state index contributed by atoms with van der Waals surface area (Å²) in [6.45, 7) is 4.60. The Labute approximate surface area is 117 Å². The van der Waals surface area contributed by atoms with Crippen molar-refractivity contribution in [3.05, 3.63) is 0 Å². The molecule has 1 rings (SSSR count). The highest BCUT2D eigenvalue weighted by Crippen LogP contribution is 2.20. The quantitative estimate of drug-likeness (QED) is 0.439. The number of nitrogens with two attached hydrogens (primary N) is 1. The Morgan fingerprint density at radius 2 is 1.89 bits per heavy atom. The first-order chi connectivity index (χ1) is 9.06. The summed E-state index contributed by atoms with van der Waals surface area (Å²) < 4.78 is 10.9. The predicted molar refractivity (Wildman–Crippen MR) is 75.9 cm³/mol. The molecule has 0 aromatic carbocycles. The van der Waals surface area contributed by atoms with Gasteiger partial charge in [0, 0.05) is 6.61 Å². The second-order valence-electron chi connectivity index (χ2n) is 5.73. The van der Waals surface area contributed by atoms with Gasteiger partial charge in [-0.15, -0.1) is 0 Å². The number of esters is 1. The van der Waals surface area contributed by atoms with Gasteiger partial charge in [0.1, 0.15) is 5.54 Å². The number of hydrogen-bond acceptors (Lipinski definition) is 4. The first kappa shape index (κ1) is 16.4. The van der Waals surface area contributed by atoms with Crippen LogP contribution in [0.5, 0.6) is 0 Å². The van der Waals surface area contributed by atoms with E-state index in [4.69, 9.17) is 15.2 Å². The lowest BCUT2D eigenvalue weighted by Gasteiger charge is -2.22. The number of rotatable bonds is 7. The Balaban J connectivity index is 2.16. The molecule has 1 aliphatic carbocycles. The summed E-state index contributed by atoms with van der Waals surface area (Å²) >= 11 is 0. The molecule has 1 atom stereocenters. The molecule has 1 unspecified atom stereocenters. The van der Waals surface area contributed by atoms with Gasteiger partial charge in [-0.25, -0.2) is 0 Å². The van der Waals surface area contributed by atoms with Gasteiger partial charge in [0.25, 0.3) is 0 Å². The van der Waals surface area contributed by atoms with Crippen molar-refractivity contribution in [1.82, 2.24) is 0 Å². The Bertz CT molecular complexity index is 258. The maximum Gasteiger partial charge on any atom is 0.325 e. The van der Waals surface area contributed by atoms with Crippen LogP contribution < -0.4 is 5.73 Å². The second kappa shape index (κ2) is 8.54. The first-order valence-electron chi connectivity index (χ1n) is 7.64. The summed E-state index contributed by atoms with van der Waals surface area (Å²) in [6, 6.07) is 0. The molecule has 1 aliphatic rings. The number of carbonyl (C=O) groups is 1. The average Bonchev–Trinajstić information content (AvgIpc) is 2.63. The molecule has 19 heavy (non-hydrogen) atoms. The van der Waals surface area contributed by atoms with Crippen LogP contribution in [0.4, 0.5) is 0 Å². The van der Waals surface area contributed by atoms with Crippen LogP contribution in [0.1, 0.15) is 65.2 Å². The molecule has 0 radical (unpaired) electrons. The molecule has 0 amide bonds. The summed E-state index contributed by atoms with van der Waals surface area (Å²) in [5, 5.41) is 0. The van der Waals surface area contributed by atoms with E-state index in [-0.39, 0.29) is 5.97 Å². The van der Waals surface area contributed by atoms with Crippen LogP contribution in [0.3, 0.4) is 0 Å². The first-order valence-corrected chi connectivity index (χ1v) is 7.64. The molecule has 0 bridgehead atoms. The average molecular weight is 271 g/mol. The minimum absolute atomic E-state index is 0.315. The van der Waals surface area contributed by atoms with Gasteiger partial charge in [-0.3, -0.25) is 4.79 Å². The Hall–Kier alpha value is -0.610. The van der Waals surface area contributed by atoms with E-state index in [0.717, 1.165) is 6.42 Å². The fourth-order valence-corrected chi connectivity index (χ4v) is 2.50. The Kier molecular flexibility index (Phi) is 7.39. The van der Waals surface area contributed by atoms with Crippen LogP contribution in [0, 0.1) is 0 Å². The molecule has 2 N–H and O–H groups in total. The van der Waals surface area contributed by atoms with Gasteiger partial charge < -0.3 is 15.2 Å². The minimum Gasteiger partial charge on any atom is -0.465 e. The minimum atomic E-state index is -0.886. The Morgan fingerprint density at radius 1 is 1.26 bits per heavy atom. The van der Waals surface area contributed by atoms with E-state index in [1.165, 1.54) is 38.5 Å². The van der Waals surface area contributed by atoms with E-state index in [1.54, 1.807) is 13.8 Å². The van der Waals surface area contributed by atoms with Crippen LogP contribution in [0.2, 0.25) is 0 Å². The molecule has 0 aromatic rings. The van der Waals surface area contributed by atoms with E-state index >= 15 is 0 Å². The largest absolute Gasteiger partial charge is 0.465 e. The zero-order chi connectivity index (χ0) is 14.1. The summed E-state index contributed by atoms with van der Waals surface area (Å²) in [7, 11) is 0. The van der Waals surface area contributed by atoms with Crippen molar-refractivity contribution in [1.29, 1.82) is 0 Å². The summed E-state index contributed by atoms with van der Waals surface area (Å²) in [5.41, 5.74) is 5.07. The van der Waals surface area contributed by atoms with Gasteiger partial charge in [-0.05, 0) is 39.5 Å². The third kappa shape index (κ3) is 6.39. The van der Waals surface area contributed by atoms with Gasteiger partial charge in [0.15, 0.2) is 0 Å². The van der Waals surface area contributed by atoms with Crippen LogP contribution in [-0.4, -0.2) is 30.8 Å². The topological polar surface area (TPSA) is 61.5 Å². The van der Waals surface area contributed by atoms with Crippen molar-refractivity contribution in [2.24, 2.45) is 5.73 Å². The van der Waals surface area contributed by atoms with Crippen molar-refractivity contribution in [2.75, 3.05) is 13.2 Å². The molecule has 0 aromatic heterocycles. The highest BCUT2D eigenvalue weighted by Gasteiger charge is 2.29. The smallest absolute Gasteiger partial charge is 0.325 e. The number of ether oxygens (including phenoxy) is 2. The molecular weight excluding hydrogens is 242 g/mol. The zero-order valence-corrected chi connectivity index (χ0v) is 12.5. The lowest BCUT2D eigenvalue weighted by molar-refractivity contribution is -0.149. The molecule has 0 spiro atoms. The van der Waals surface area contributed by atoms with Crippen LogP contribution in [-0.2, 0) is 14.3 Å². The van der Waals surface area contributed by atoms with Gasteiger partial charge in [0.05, 0.1) is 12.7 Å². The molecule has 1 saturated carbocycles. The van der Waals surface area contributed by atoms with Crippen molar-refractivity contribution in [2.45, 2.75) is 76.9 Å². The van der Waals surface area contributed by atoms with Crippen LogP contribution in [0.15, 0.2) is 0 Å². The van der Waals surface area contributed by atoms with Crippen LogP contribution in [0.25, 0.3) is 0 Å². The highest BCUT2D eigenvalue weighted by atomic mass is 16.5. The Morgan fingerprint density at radius 3 is 2.47 bits per heavy atom. The summed E-state index contributed by atoms with van der Waals surface area (Å²) in [6.07, 6.45) is 9.42. The number of hydrogen-bond donors (Lipinski definition) is 1. The van der Waals surface area contributed by atoms with Crippen LogP contribution >= 0.6 is 0 Å². The molecule has 0 saturated heterocycles. The van der Waals surface area contributed by atoms with E-state index < -0.39 is 5.54 Å². The van der Waals surface area contributed by atoms with E-state index in [1.807, 2.05) is 0 Å².